The zero-order valence-electron chi connectivity index (χ0n) is 11.9. The van der Waals surface area contributed by atoms with Gasteiger partial charge in [-0.05, 0) is 16.4 Å². The van der Waals surface area contributed by atoms with Gasteiger partial charge in [0.15, 0.2) is 0 Å². The predicted octanol–water partition coefficient (Wildman–Crippen LogP) is 2.63. The quantitative estimate of drug-likeness (QED) is 0.769. The van der Waals surface area contributed by atoms with E-state index < -0.39 is 29.4 Å². The van der Waals surface area contributed by atoms with Gasteiger partial charge in [-0.25, -0.2) is 4.79 Å². The van der Waals surface area contributed by atoms with Gasteiger partial charge >= 0.3 is 11.9 Å². The Morgan fingerprint density at radius 1 is 1.28 bits per heavy atom. The Balaban J connectivity index is 3.19. The largest absolute Gasteiger partial charge is 0.481 e. The first kappa shape index (κ1) is 14.7. The fourth-order valence-corrected chi connectivity index (χ4v) is 2.28. The lowest BCUT2D eigenvalue weighted by Gasteiger charge is -2.35. The third-order valence-electron chi connectivity index (χ3n) is 3.19. The van der Waals surface area contributed by atoms with Gasteiger partial charge in [0, 0.05) is 6.08 Å². The van der Waals surface area contributed by atoms with E-state index in [2.05, 4.69) is 0 Å². The van der Waals surface area contributed by atoms with Crippen LogP contribution in [-0.2, 0) is 14.3 Å². The van der Waals surface area contributed by atoms with Crippen molar-refractivity contribution in [3.63, 3.8) is 0 Å². The smallest absolute Gasteiger partial charge is 0.331 e. The number of carboxylic acid groups (broad SMARTS) is 1. The first-order valence-electron chi connectivity index (χ1n) is 6.10. The highest BCUT2D eigenvalue weighted by atomic mass is 16.5. The summed E-state index contributed by atoms with van der Waals surface area (Å²) in [5, 5.41) is 9.42. The van der Waals surface area contributed by atoms with Crippen molar-refractivity contribution in [2.45, 2.75) is 47.6 Å². The number of hydrogen-bond donors (Lipinski definition) is 1. The maximum atomic E-state index is 11.5. The van der Waals surface area contributed by atoms with Crippen LogP contribution in [0, 0.1) is 16.7 Å². The second kappa shape index (κ2) is 4.41. The number of hydrogen-bond acceptors (Lipinski definition) is 3. The van der Waals surface area contributed by atoms with Crippen molar-refractivity contribution < 1.29 is 19.4 Å². The molecule has 1 aliphatic heterocycles. The maximum absolute atomic E-state index is 11.5. The van der Waals surface area contributed by atoms with E-state index in [4.69, 9.17) is 4.74 Å². The fourth-order valence-electron chi connectivity index (χ4n) is 2.28. The van der Waals surface area contributed by atoms with Crippen molar-refractivity contribution in [2.24, 2.45) is 16.7 Å². The van der Waals surface area contributed by atoms with Crippen molar-refractivity contribution in [3.05, 3.63) is 11.6 Å². The number of cyclic esters (lactones) is 1. The van der Waals surface area contributed by atoms with Crippen LogP contribution in [0.25, 0.3) is 0 Å². The highest BCUT2D eigenvalue weighted by Gasteiger charge is 2.47. The van der Waals surface area contributed by atoms with Gasteiger partial charge in [0.1, 0.15) is 12.0 Å². The average Bonchev–Trinajstić information content (AvgIpc) is 2.42. The Labute approximate surface area is 108 Å². The van der Waals surface area contributed by atoms with Crippen LogP contribution in [0.5, 0.6) is 0 Å². The molecule has 0 aliphatic carbocycles. The van der Waals surface area contributed by atoms with E-state index in [1.807, 2.05) is 41.5 Å². The maximum Gasteiger partial charge on any atom is 0.331 e. The van der Waals surface area contributed by atoms with Gasteiger partial charge in [-0.2, -0.15) is 0 Å². The monoisotopic (exact) mass is 254 g/mol. The van der Waals surface area contributed by atoms with E-state index in [0.29, 0.717) is 0 Å². The lowest BCUT2D eigenvalue weighted by molar-refractivity contribution is -0.156. The standard InChI is InChI=1S/C14H22O4/c1-13(2,3)8-7-9(15)18-11(8)10(12(16)17)14(4,5)6/h7,10-11H,1-6H3,(H,16,17). The highest BCUT2D eigenvalue weighted by molar-refractivity contribution is 5.87. The van der Waals surface area contributed by atoms with E-state index in [0.717, 1.165) is 5.57 Å². The summed E-state index contributed by atoms with van der Waals surface area (Å²) < 4.78 is 5.24. The van der Waals surface area contributed by atoms with Crippen molar-refractivity contribution in [1.29, 1.82) is 0 Å². The molecular formula is C14H22O4. The van der Waals surface area contributed by atoms with Gasteiger partial charge < -0.3 is 9.84 Å². The van der Waals surface area contributed by atoms with Gasteiger partial charge in [-0.15, -0.1) is 0 Å². The number of carbonyl (C=O) groups excluding carboxylic acids is 1. The summed E-state index contributed by atoms with van der Waals surface area (Å²) in [7, 11) is 0. The molecule has 1 aliphatic rings. The van der Waals surface area contributed by atoms with Crippen LogP contribution in [0.3, 0.4) is 0 Å². The summed E-state index contributed by atoms with van der Waals surface area (Å²) in [4.78, 5) is 23.0. The molecule has 0 aromatic heterocycles. The molecular weight excluding hydrogens is 232 g/mol. The molecule has 0 saturated heterocycles. The number of esters is 1. The SMILES string of the molecule is CC(C)(C)C1=CC(=O)OC1C(C(=O)O)C(C)(C)C. The summed E-state index contributed by atoms with van der Waals surface area (Å²) in [5.74, 6) is -2.12. The first-order chi connectivity index (χ1) is 7.94. The van der Waals surface area contributed by atoms with E-state index in [9.17, 15) is 14.7 Å². The summed E-state index contributed by atoms with van der Waals surface area (Å²) in [6.45, 7) is 11.4. The Kier molecular flexibility index (Phi) is 3.61. The van der Waals surface area contributed by atoms with Crippen LogP contribution in [0.4, 0.5) is 0 Å². The Bertz CT molecular complexity index is 393. The van der Waals surface area contributed by atoms with Gasteiger partial charge in [0.25, 0.3) is 0 Å². The highest BCUT2D eigenvalue weighted by Crippen LogP contribution is 2.42. The van der Waals surface area contributed by atoms with Crippen molar-refractivity contribution >= 4 is 11.9 Å². The Morgan fingerprint density at radius 2 is 1.78 bits per heavy atom. The van der Waals surface area contributed by atoms with E-state index in [1.54, 1.807) is 0 Å². The molecule has 0 aromatic rings. The second-order valence-corrected chi connectivity index (χ2v) is 6.89. The third kappa shape index (κ3) is 2.92. The van der Waals surface area contributed by atoms with E-state index in [1.165, 1.54) is 6.08 Å². The average molecular weight is 254 g/mol. The van der Waals surface area contributed by atoms with E-state index >= 15 is 0 Å². The molecule has 4 nitrogen and oxygen atoms in total. The van der Waals surface area contributed by atoms with Gasteiger partial charge in [-0.3, -0.25) is 4.79 Å². The fraction of sp³-hybridized carbons (Fsp3) is 0.714. The van der Waals surface area contributed by atoms with Crippen LogP contribution in [0.15, 0.2) is 11.6 Å². The summed E-state index contributed by atoms with van der Waals surface area (Å²) >= 11 is 0. The molecule has 0 saturated carbocycles. The lowest BCUT2D eigenvalue weighted by atomic mass is 9.71. The topological polar surface area (TPSA) is 63.6 Å². The molecule has 0 radical (unpaired) electrons. The molecule has 0 fully saturated rings. The summed E-state index contributed by atoms with van der Waals surface area (Å²) in [6, 6.07) is 0. The Morgan fingerprint density at radius 3 is 2.11 bits per heavy atom. The molecule has 102 valence electrons. The van der Waals surface area contributed by atoms with Crippen LogP contribution < -0.4 is 0 Å². The molecule has 0 spiro atoms. The molecule has 0 aromatic carbocycles. The summed E-state index contributed by atoms with van der Waals surface area (Å²) in [6.07, 6.45) is 0.766. The number of aliphatic carboxylic acids is 1. The molecule has 2 atom stereocenters. The minimum Gasteiger partial charge on any atom is -0.481 e. The lowest BCUT2D eigenvalue weighted by Crippen LogP contribution is -2.41. The molecule has 2 unspecified atom stereocenters. The minimum atomic E-state index is -0.933. The minimum absolute atomic E-state index is 0.282. The van der Waals surface area contributed by atoms with Crippen molar-refractivity contribution in [1.82, 2.24) is 0 Å². The predicted molar refractivity (Wildman–Crippen MR) is 68.0 cm³/mol. The van der Waals surface area contributed by atoms with E-state index in [-0.39, 0.29) is 5.41 Å². The molecule has 4 heteroatoms. The normalized spacial score (nSPS) is 22.4. The first-order valence-corrected chi connectivity index (χ1v) is 6.10. The van der Waals surface area contributed by atoms with Crippen LogP contribution in [0.2, 0.25) is 0 Å². The number of ether oxygens (including phenoxy) is 1. The zero-order chi connectivity index (χ0) is 14.3. The molecule has 1 heterocycles. The summed E-state index contributed by atoms with van der Waals surface area (Å²) in [5.41, 5.74) is -0.00356. The molecule has 0 bridgehead atoms. The number of carboxylic acids is 1. The number of carbonyl (C=O) groups is 2. The van der Waals surface area contributed by atoms with Gasteiger partial charge in [0.2, 0.25) is 0 Å². The third-order valence-corrected chi connectivity index (χ3v) is 3.19. The molecule has 1 N–H and O–H groups in total. The number of rotatable bonds is 2. The van der Waals surface area contributed by atoms with Crippen molar-refractivity contribution in [2.75, 3.05) is 0 Å². The molecule has 0 amide bonds. The van der Waals surface area contributed by atoms with Crippen molar-refractivity contribution in [3.8, 4) is 0 Å². The Hall–Kier alpha value is -1.32. The van der Waals surface area contributed by atoms with Crippen LogP contribution in [0.1, 0.15) is 41.5 Å². The van der Waals surface area contributed by atoms with Crippen LogP contribution in [-0.4, -0.2) is 23.1 Å². The van der Waals surface area contributed by atoms with Crippen LogP contribution >= 0.6 is 0 Å². The van der Waals surface area contributed by atoms with Gasteiger partial charge in [-0.1, -0.05) is 41.5 Å². The zero-order valence-corrected chi connectivity index (χ0v) is 11.9. The molecule has 18 heavy (non-hydrogen) atoms. The molecule has 1 rings (SSSR count). The second-order valence-electron chi connectivity index (χ2n) is 6.89. The van der Waals surface area contributed by atoms with Gasteiger partial charge in [0.05, 0.1) is 0 Å².